The average molecular weight is 396 g/mol. The normalized spacial score (nSPS) is 22.1. The van der Waals surface area contributed by atoms with Crippen LogP contribution in [-0.4, -0.2) is 28.2 Å². The summed E-state index contributed by atoms with van der Waals surface area (Å²) in [4.78, 5) is 21.8. The minimum absolute atomic E-state index is 0.0267. The molecular weight excluding hydrogens is 374 g/mol. The van der Waals surface area contributed by atoms with Crippen molar-refractivity contribution in [3.8, 4) is 0 Å². The molecule has 1 amide bonds. The number of aryl methyl sites for hydroxylation is 1. The summed E-state index contributed by atoms with van der Waals surface area (Å²) in [5, 5.41) is 11.2. The summed E-state index contributed by atoms with van der Waals surface area (Å²) in [6.07, 6.45) is 0.142. The van der Waals surface area contributed by atoms with Crippen molar-refractivity contribution in [1.29, 1.82) is 0 Å². The van der Waals surface area contributed by atoms with Crippen molar-refractivity contribution in [3.05, 3.63) is 64.8 Å². The zero-order valence-corrected chi connectivity index (χ0v) is 16.5. The van der Waals surface area contributed by atoms with Crippen LogP contribution in [0.25, 0.3) is 10.9 Å². The van der Waals surface area contributed by atoms with Crippen molar-refractivity contribution < 1.29 is 4.79 Å². The molecule has 0 aliphatic carbocycles. The highest BCUT2D eigenvalue weighted by Crippen LogP contribution is 2.23. The van der Waals surface area contributed by atoms with Crippen LogP contribution in [-0.2, 0) is 11.2 Å². The van der Waals surface area contributed by atoms with E-state index in [1.807, 2.05) is 62.4 Å². The first kappa shape index (κ1) is 18.7. The van der Waals surface area contributed by atoms with Gasteiger partial charge in [-0.2, -0.15) is 0 Å². The smallest absolute Gasteiger partial charge is 0.227 e. The van der Waals surface area contributed by atoms with E-state index in [0.29, 0.717) is 17.4 Å². The second kappa shape index (κ2) is 7.73. The molecule has 1 aromatic heterocycles. The summed E-state index contributed by atoms with van der Waals surface area (Å²) >= 11 is 6.26. The molecule has 7 heteroatoms. The third kappa shape index (κ3) is 3.79. The van der Waals surface area contributed by atoms with E-state index in [1.165, 1.54) is 0 Å². The number of amides is 1. The van der Waals surface area contributed by atoms with Gasteiger partial charge in [-0.1, -0.05) is 48.0 Å². The van der Waals surface area contributed by atoms with Crippen molar-refractivity contribution in [3.63, 3.8) is 0 Å². The third-order valence-corrected chi connectivity index (χ3v) is 5.49. The van der Waals surface area contributed by atoms with E-state index in [0.717, 1.165) is 22.2 Å². The Morgan fingerprint density at radius 3 is 2.64 bits per heavy atom. The van der Waals surface area contributed by atoms with E-state index in [1.54, 1.807) is 0 Å². The van der Waals surface area contributed by atoms with Crippen LogP contribution >= 0.6 is 11.6 Å². The largest absolute Gasteiger partial charge is 0.323 e. The number of aromatic nitrogens is 2. The van der Waals surface area contributed by atoms with Crippen LogP contribution in [0.1, 0.15) is 18.2 Å². The van der Waals surface area contributed by atoms with E-state index in [4.69, 9.17) is 11.6 Å². The van der Waals surface area contributed by atoms with Gasteiger partial charge in [-0.15, -0.1) is 0 Å². The third-order valence-electron chi connectivity index (χ3n) is 5.12. The van der Waals surface area contributed by atoms with E-state index in [2.05, 4.69) is 25.9 Å². The first-order valence-electron chi connectivity index (χ1n) is 9.31. The molecule has 1 saturated heterocycles. The number of halogens is 1. The number of benzene rings is 2. The molecule has 0 saturated carbocycles. The Hall–Kier alpha value is -2.70. The number of nitrogens with zero attached hydrogens (tertiary/aromatic N) is 2. The topological polar surface area (TPSA) is 78.9 Å². The minimum Gasteiger partial charge on any atom is -0.323 e. The van der Waals surface area contributed by atoms with Crippen molar-refractivity contribution in [1.82, 2.24) is 20.6 Å². The molecule has 0 bridgehead atoms. The second-order valence-corrected chi connectivity index (χ2v) is 7.50. The number of rotatable bonds is 4. The molecule has 1 fully saturated rings. The van der Waals surface area contributed by atoms with Crippen molar-refractivity contribution in [2.24, 2.45) is 5.92 Å². The number of para-hydroxylation sites is 1. The standard InChI is InChI=1S/C21H22ClN5O/c1-12-15-8-4-6-10-18(15)25-20(23-12)27-21-24-13(2)16(19(28)26-21)11-14-7-3-5-9-17(14)22/h3-10,13,16,21,24H,11H2,1-2H3,(H,26,28)(H,23,25,27). The van der Waals surface area contributed by atoms with Crippen LogP contribution < -0.4 is 16.0 Å². The summed E-state index contributed by atoms with van der Waals surface area (Å²) < 4.78 is 0. The number of hydrogen-bond acceptors (Lipinski definition) is 5. The number of hydrogen-bond donors (Lipinski definition) is 3. The van der Waals surface area contributed by atoms with E-state index in [9.17, 15) is 4.79 Å². The van der Waals surface area contributed by atoms with Gasteiger partial charge in [0, 0.05) is 16.5 Å². The maximum atomic E-state index is 12.7. The van der Waals surface area contributed by atoms with Gasteiger partial charge < -0.3 is 10.6 Å². The quantitative estimate of drug-likeness (QED) is 0.632. The Balaban J connectivity index is 1.47. The highest BCUT2D eigenvalue weighted by molar-refractivity contribution is 6.31. The molecule has 3 atom stereocenters. The van der Waals surface area contributed by atoms with Gasteiger partial charge in [0.2, 0.25) is 11.9 Å². The van der Waals surface area contributed by atoms with E-state index < -0.39 is 6.29 Å². The van der Waals surface area contributed by atoms with E-state index in [-0.39, 0.29) is 17.9 Å². The molecule has 3 N–H and O–H groups in total. The summed E-state index contributed by atoms with van der Waals surface area (Å²) in [6.45, 7) is 3.95. The Morgan fingerprint density at radius 1 is 1.11 bits per heavy atom. The van der Waals surface area contributed by atoms with Crippen LogP contribution in [0.4, 0.5) is 5.95 Å². The SMILES string of the molecule is Cc1nc(NC2NC(=O)C(Cc3ccccc3Cl)C(C)N2)nc2ccccc12. The Labute approximate surface area is 168 Å². The fourth-order valence-corrected chi connectivity index (χ4v) is 3.79. The summed E-state index contributed by atoms with van der Waals surface area (Å²) in [5.41, 5.74) is 2.72. The first-order valence-corrected chi connectivity index (χ1v) is 9.69. The van der Waals surface area contributed by atoms with Crippen LogP contribution in [0.5, 0.6) is 0 Å². The zero-order chi connectivity index (χ0) is 19.7. The highest BCUT2D eigenvalue weighted by atomic mass is 35.5. The molecule has 2 aromatic carbocycles. The predicted molar refractivity (Wildman–Crippen MR) is 111 cm³/mol. The van der Waals surface area contributed by atoms with Gasteiger partial charge >= 0.3 is 0 Å². The predicted octanol–water partition coefficient (Wildman–Crippen LogP) is 3.25. The number of nitrogens with one attached hydrogen (secondary N) is 3. The number of anilines is 1. The molecule has 3 unspecified atom stereocenters. The molecule has 2 heterocycles. The molecule has 1 aliphatic heterocycles. The lowest BCUT2D eigenvalue weighted by Gasteiger charge is -2.36. The maximum absolute atomic E-state index is 12.7. The lowest BCUT2D eigenvalue weighted by atomic mass is 9.90. The molecule has 3 aromatic rings. The molecule has 0 spiro atoms. The van der Waals surface area contributed by atoms with E-state index >= 15 is 0 Å². The van der Waals surface area contributed by atoms with Crippen LogP contribution in [0, 0.1) is 12.8 Å². The molecule has 28 heavy (non-hydrogen) atoms. The molecule has 4 rings (SSSR count). The van der Waals surface area contributed by atoms with Gasteiger partial charge in [0.25, 0.3) is 0 Å². The Morgan fingerprint density at radius 2 is 1.86 bits per heavy atom. The number of carbonyl (C=O) groups is 1. The Kier molecular flexibility index (Phi) is 5.15. The zero-order valence-electron chi connectivity index (χ0n) is 15.7. The van der Waals surface area contributed by atoms with Crippen molar-refractivity contribution in [2.45, 2.75) is 32.6 Å². The number of carbonyl (C=O) groups excluding carboxylic acids is 1. The van der Waals surface area contributed by atoms with Crippen molar-refractivity contribution >= 4 is 34.4 Å². The fourth-order valence-electron chi connectivity index (χ4n) is 3.57. The molecular formula is C21H22ClN5O. The fraction of sp³-hybridized carbons (Fsp3) is 0.286. The monoisotopic (exact) mass is 395 g/mol. The highest BCUT2D eigenvalue weighted by Gasteiger charge is 2.34. The van der Waals surface area contributed by atoms with Gasteiger partial charge in [-0.3, -0.25) is 10.1 Å². The average Bonchev–Trinajstić information content (AvgIpc) is 2.66. The van der Waals surface area contributed by atoms with Gasteiger partial charge in [-0.05, 0) is 38.0 Å². The summed E-state index contributed by atoms with van der Waals surface area (Å²) in [5.74, 6) is 0.240. The lowest BCUT2D eigenvalue weighted by molar-refractivity contribution is -0.128. The van der Waals surface area contributed by atoms with Crippen LogP contribution in [0.15, 0.2) is 48.5 Å². The summed E-state index contributed by atoms with van der Waals surface area (Å²) in [6, 6.07) is 15.4. The lowest BCUT2D eigenvalue weighted by Crippen LogP contribution is -2.63. The summed E-state index contributed by atoms with van der Waals surface area (Å²) in [7, 11) is 0. The van der Waals surface area contributed by atoms with Crippen LogP contribution in [0.2, 0.25) is 5.02 Å². The molecule has 1 aliphatic rings. The number of fused-ring (bicyclic) bond motifs is 1. The molecule has 144 valence electrons. The second-order valence-electron chi connectivity index (χ2n) is 7.09. The van der Waals surface area contributed by atoms with Gasteiger partial charge in [0.1, 0.15) is 0 Å². The minimum atomic E-state index is -0.439. The molecule has 6 nitrogen and oxygen atoms in total. The first-order chi connectivity index (χ1) is 13.5. The van der Waals surface area contributed by atoms with Gasteiger partial charge in [0.15, 0.2) is 6.29 Å². The maximum Gasteiger partial charge on any atom is 0.227 e. The molecule has 0 radical (unpaired) electrons. The van der Waals surface area contributed by atoms with Gasteiger partial charge in [0.05, 0.1) is 17.1 Å². The van der Waals surface area contributed by atoms with Crippen LogP contribution in [0.3, 0.4) is 0 Å². The van der Waals surface area contributed by atoms with Gasteiger partial charge in [-0.25, -0.2) is 9.97 Å². The Bertz CT molecular complexity index is 1020. The van der Waals surface area contributed by atoms with Crippen molar-refractivity contribution in [2.75, 3.05) is 5.32 Å².